The number of carbonyl (C=O) groups excluding carboxylic acids is 1. The zero-order valence-corrected chi connectivity index (χ0v) is 12.3. The summed E-state index contributed by atoms with van der Waals surface area (Å²) in [5.74, 6) is -0.310. The second-order valence-corrected chi connectivity index (χ2v) is 5.13. The Bertz CT molecular complexity index is 550. The average molecular weight is 394 g/mol. The van der Waals surface area contributed by atoms with Crippen LogP contribution in [0.15, 0.2) is 22.7 Å². The van der Waals surface area contributed by atoms with Gasteiger partial charge in [0.25, 0.3) is 0 Å². The van der Waals surface area contributed by atoms with Crippen LogP contribution in [0.25, 0.3) is 10.9 Å². The minimum Gasteiger partial charge on any atom is -0.461 e. The van der Waals surface area contributed by atoms with Gasteiger partial charge in [-0.2, -0.15) is 0 Å². The average Bonchev–Trinajstić information content (AvgIpc) is 2.59. The molecule has 1 aromatic carbocycles. The van der Waals surface area contributed by atoms with E-state index in [9.17, 15) is 4.79 Å². The van der Waals surface area contributed by atoms with Crippen molar-refractivity contribution in [1.29, 1.82) is 0 Å². The number of fused-ring (bicyclic) bond motifs is 1. The molecule has 16 heavy (non-hydrogen) atoms. The van der Waals surface area contributed by atoms with E-state index in [0.29, 0.717) is 12.3 Å². The highest BCUT2D eigenvalue weighted by Crippen LogP contribution is 2.29. The second-order valence-electron chi connectivity index (χ2n) is 3.20. The number of para-hydroxylation sites is 1. The summed E-state index contributed by atoms with van der Waals surface area (Å²) < 4.78 is 6.83. The lowest BCUT2D eigenvalue weighted by Gasteiger charge is -1.98. The monoisotopic (exact) mass is 393 g/mol. The highest BCUT2D eigenvalue weighted by atomic mass is 127. The Labute approximate surface area is 115 Å². The number of rotatable bonds is 2. The zero-order valence-electron chi connectivity index (χ0n) is 8.51. The Hall–Kier alpha value is -0.560. The van der Waals surface area contributed by atoms with Crippen molar-refractivity contribution >= 4 is 55.4 Å². The van der Waals surface area contributed by atoms with Gasteiger partial charge >= 0.3 is 5.97 Å². The molecule has 1 aromatic heterocycles. The number of esters is 1. The SMILES string of the molecule is CCOC(=O)c1[nH]c2c(Br)cccc2c1I. The quantitative estimate of drug-likeness (QED) is 0.624. The van der Waals surface area contributed by atoms with E-state index in [-0.39, 0.29) is 5.97 Å². The summed E-state index contributed by atoms with van der Waals surface area (Å²) in [5, 5.41) is 1.03. The van der Waals surface area contributed by atoms with Gasteiger partial charge in [-0.25, -0.2) is 4.79 Å². The number of nitrogens with one attached hydrogen (secondary N) is 1. The fraction of sp³-hybridized carbons (Fsp3) is 0.182. The van der Waals surface area contributed by atoms with Crippen molar-refractivity contribution in [2.75, 3.05) is 6.61 Å². The van der Waals surface area contributed by atoms with Crippen molar-refractivity contribution < 1.29 is 9.53 Å². The van der Waals surface area contributed by atoms with Crippen molar-refractivity contribution in [3.8, 4) is 0 Å². The highest BCUT2D eigenvalue weighted by molar-refractivity contribution is 14.1. The Morgan fingerprint density at radius 2 is 2.31 bits per heavy atom. The summed E-state index contributed by atoms with van der Waals surface area (Å²) in [7, 11) is 0. The number of carbonyl (C=O) groups is 1. The van der Waals surface area contributed by atoms with Gasteiger partial charge in [0.2, 0.25) is 0 Å². The molecule has 0 aliphatic rings. The molecule has 0 saturated heterocycles. The number of benzene rings is 1. The number of ether oxygens (including phenoxy) is 1. The first-order valence-electron chi connectivity index (χ1n) is 4.78. The third-order valence-corrected chi connectivity index (χ3v) is 3.98. The molecule has 0 amide bonds. The maximum Gasteiger partial charge on any atom is 0.355 e. The van der Waals surface area contributed by atoms with E-state index in [4.69, 9.17) is 4.74 Å². The van der Waals surface area contributed by atoms with Crippen LogP contribution in [0.2, 0.25) is 0 Å². The third kappa shape index (κ3) is 1.98. The maximum absolute atomic E-state index is 11.7. The van der Waals surface area contributed by atoms with Crippen LogP contribution in [0, 0.1) is 3.57 Å². The Kier molecular flexibility index (Phi) is 3.53. The summed E-state index contributed by atoms with van der Waals surface area (Å²) >= 11 is 5.60. The molecule has 1 N–H and O–H groups in total. The van der Waals surface area contributed by atoms with Crippen LogP contribution in [0.4, 0.5) is 0 Å². The van der Waals surface area contributed by atoms with Crippen LogP contribution in [-0.2, 0) is 4.74 Å². The van der Waals surface area contributed by atoms with Crippen LogP contribution in [0.3, 0.4) is 0 Å². The van der Waals surface area contributed by atoms with Crippen molar-refractivity contribution in [2.24, 2.45) is 0 Å². The zero-order chi connectivity index (χ0) is 11.7. The van der Waals surface area contributed by atoms with Gasteiger partial charge in [-0.05, 0) is 51.5 Å². The summed E-state index contributed by atoms with van der Waals surface area (Å²) in [4.78, 5) is 14.8. The number of aromatic nitrogens is 1. The minimum atomic E-state index is -0.310. The lowest BCUT2D eigenvalue weighted by molar-refractivity contribution is 0.0519. The first-order valence-corrected chi connectivity index (χ1v) is 6.65. The van der Waals surface area contributed by atoms with Crippen molar-refractivity contribution in [3.63, 3.8) is 0 Å². The smallest absolute Gasteiger partial charge is 0.355 e. The molecule has 2 rings (SSSR count). The van der Waals surface area contributed by atoms with E-state index in [1.54, 1.807) is 6.92 Å². The number of H-pyrrole nitrogens is 1. The molecule has 0 unspecified atom stereocenters. The van der Waals surface area contributed by atoms with Gasteiger partial charge in [0, 0.05) is 9.86 Å². The molecule has 0 bridgehead atoms. The third-order valence-electron chi connectivity index (χ3n) is 2.20. The van der Waals surface area contributed by atoms with Gasteiger partial charge in [-0.1, -0.05) is 12.1 Å². The summed E-state index contributed by atoms with van der Waals surface area (Å²) in [5.41, 5.74) is 1.44. The van der Waals surface area contributed by atoms with Gasteiger partial charge < -0.3 is 9.72 Å². The minimum absolute atomic E-state index is 0.310. The topological polar surface area (TPSA) is 42.1 Å². The lowest BCUT2D eigenvalue weighted by atomic mass is 10.2. The molecule has 0 aliphatic heterocycles. The second kappa shape index (κ2) is 4.75. The van der Waals surface area contributed by atoms with Crippen LogP contribution >= 0.6 is 38.5 Å². The molecule has 3 nitrogen and oxygen atoms in total. The molecule has 1 heterocycles. The van der Waals surface area contributed by atoms with Crippen LogP contribution < -0.4 is 0 Å². The molecule has 0 aliphatic carbocycles. The number of aromatic amines is 1. The fourth-order valence-corrected chi connectivity index (χ4v) is 2.76. The van der Waals surface area contributed by atoms with Gasteiger partial charge in [0.05, 0.1) is 15.7 Å². The van der Waals surface area contributed by atoms with E-state index >= 15 is 0 Å². The summed E-state index contributed by atoms with van der Waals surface area (Å²) in [6.07, 6.45) is 0. The lowest BCUT2D eigenvalue weighted by Crippen LogP contribution is -2.06. The molecular formula is C11H9BrINO2. The van der Waals surface area contributed by atoms with Crippen molar-refractivity contribution in [1.82, 2.24) is 4.98 Å². The largest absolute Gasteiger partial charge is 0.461 e. The molecule has 0 fully saturated rings. The van der Waals surface area contributed by atoms with E-state index < -0.39 is 0 Å². The van der Waals surface area contributed by atoms with Gasteiger partial charge in [-0.3, -0.25) is 0 Å². The maximum atomic E-state index is 11.7. The first-order chi connectivity index (χ1) is 7.65. The van der Waals surface area contributed by atoms with Crippen LogP contribution in [0.5, 0.6) is 0 Å². The summed E-state index contributed by atoms with van der Waals surface area (Å²) in [6, 6.07) is 5.85. The predicted molar refractivity (Wildman–Crippen MR) is 74.7 cm³/mol. The first kappa shape index (κ1) is 11.9. The molecule has 0 radical (unpaired) electrons. The molecule has 84 valence electrons. The standard InChI is InChI=1S/C11H9BrINO2/c1-2-16-11(15)10-8(13)6-4-3-5-7(12)9(6)14-10/h3-5,14H,2H2,1H3. The van der Waals surface area contributed by atoms with E-state index in [0.717, 1.165) is 18.9 Å². The predicted octanol–water partition coefficient (Wildman–Crippen LogP) is 3.71. The Balaban J connectivity index is 2.60. The molecule has 5 heteroatoms. The normalized spacial score (nSPS) is 10.7. The number of hydrogen-bond donors (Lipinski definition) is 1. The van der Waals surface area contributed by atoms with Gasteiger partial charge in [0.15, 0.2) is 0 Å². The summed E-state index contributed by atoms with van der Waals surface area (Å²) in [6.45, 7) is 2.18. The van der Waals surface area contributed by atoms with Crippen molar-refractivity contribution in [3.05, 3.63) is 31.9 Å². The highest BCUT2D eigenvalue weighted by Gasteiger charge is 2.17. The van der Waals surface area contributed by atoms with E-state index in [2.05, 4.69) is 43.5 Å². The molecule has 2 aromatic rings. The molecule has 0 saturated carbocycles. The molecule has 0 spiro atoms. The van der Waals surface area contributed by atoms with E-state index in [1.807, 2.05) is 18.2 Å². The molecular weight excluding hydrogens is 385 g/mol. The number of hydrogen-bond acceptors (Lipinski definition) is 2. The fourth-order valence-electron chi connectivity index (χ4n) is 1.49. The van der Waals surface area contributed by atoms with Crippen LogP contribution in [-0.4, -0.2) is 17.6 Å². The Morgan fingerprint density at radius 1 is 1.56 bits per heavy atom. The van der Waals surface area contributed by atoms with Crippen molar-refractivity contribution in [2.45, 2.75) is 6.92 Å². The number of halogens is 2. The van der Waals surface area contributed by atoms with Gasteiger partial charge in [0.1, 0.15) is 5.69 Å². The van der Waals surface area contributed by atoms with Gasteiger partial charge in [-0.15, -0.1) is 0 Å². The molecule has 0 atom stereocenters. The van der Waals surface area contributed by atoms with Crippen LogP contribution in [0.1, 0.15) is 17.4 Å². The Morgan fingerprint density at radius 3 is 2.94 bits per heavy atom. The van der Waals surface area contributed by atoms with E-state index in [1.165, 1.54) is 0 Å².